The molecule has 0 aliphatic carbocycles. The van der Waals surface area contributed by atoms with Gasteiger partial charge in [-0.3, -0.25) is 9.10 Å². The highest BCUT2D eigenvalue weighted by molar-refractivity contribution is 7.92. The Morgan fingerprint density at radius 1 is 0.969 bits per heavy atom. The number of fused-ring (bicyclic) bond motifs is 1. The zero-order valence-electron chi connectivity index (χ0n) is 18.3. The van der Waals surface area contributed by atoms with Crippen molar-refractivity contribution in [1.29, 1.82) is 0 Å². The highest BCUT2D eigenvalue weighted by atomic mass is 32.2. The van der Waals surface area contributed by atoms with Gasteiger partial charge in [-0.2, -0.15) is 0 Å². The van der Waals surface area contributed by atoms with Gasteiger partial charge in [0.1, 0.15) is 5.75 Å². The van der Waals surface area contributed by atoms with Gasteiger partial charge in [0, 0.05) is 13.1 Å². The maximum atomic E-state index is 13.3. The molecule has 0 spiro atoms. The van der Waals surface area contributed by atoms with E-state index < -0.39 is 16.1 Å². The molecule has 0 radical (unpaired) electrons. The van der Waals surface area contributed by atoms with Gasteiger partial charge in [-0.15, -0.1) is 0 Å². The van der Waals surface area contributed by atoms with Crippen LogP contribution in [0.25, 0.3) is 0 Å². The molecule has 1 fully saturated rings. The largest absolute Gasteiger partial charge is 0.476 e. The van der Waals surface area contributed by atoms with Crippen LogP contribution in [-0.2, 0) is 20.6 Å². The third-order valence-electron chi connectivity index (χ3n) is 5.98. The van der Waals surface area contributed by atoms with Crippen LogP contribution < -0.4 is 14.4 Å². The van der Waals surface area contributed by atoms with Crippen LogP contribution in [0.4, 0.5) is 5.69 Å². The van der Waals surface area contributed by atoms with E-state index in [4.69, 9.17) is 4.74 Å². The normalized spacial score (nSPS) is 19.5. The molecule has 2 aliphatic heterocycles. The Balaban J connectivity index is 1.43. The van der Waals surface area contributed by atoms with Crippen LogP contribution in [0.3, 0.4) is 0 Å². The van der Waals surface area contributed by atoms with Crippen LogP contribution in [0.15, 0.2) is 54.6 Å². The lowest BCUT2D eigenvalue weighted by Gasteiger charge is -2.35. The number of nitrogens with zero attached hydrogens (tertiary/aromatic N) is 2. The Hall–Kier alpha value is -2.58. The summed E-state index contributed by atoms with van der Waals surface area (Å²) in [6.45, 7) is 3.41. The van der Waals surface area contributed by atoms with Gasteiger partial charge in [-0.05, 0) is 43.6 Å². The summed E-state index contributed by atoms with van der Waals surface area (Å²) in [6, 6.07) is 16.0. The Morgan fingerprint density at radius 3 is 2.41 bits per heavy atom. The second-order valence-corrected chi connectivity index (χ2v) is 10.3. The maximum absolute atomic E-state index is 13.3. The molecular weight excluding hydrogens is 426 g/mol. The smallest absolute Gasteiger partial charge is 0.263 e. The fourth-order valence-corrected chi connectivity index (χ4v) is 5.86. The third kappa shape index (κ3) is 5.61. The Kier molecular flexibility index (Phi) is 7.32. The fraction of sp³-hybridized carbons (Fsp3) is 0.458. The maximum Gasteiger partial charge on any atom is 0.263 e. The summed E-state index contributed by atoms with van der Waals surface area (Å²) in [5.74, 6) is -0.0110. The number of benzene rings is 2. The van der Waals surface area contributed by atoms with Gasteiger partial charge in [0.25, 0.3) is 5.91 Å². The molecule has 0 unspecified atom stereocenters. The molecule has 32 heavy (non-hydrogen) atoms. The first-order chi connectivity index (χ1) is 15.5. The van der Waals surface area contributed by atoms with E-state index in [0.29, 0.717) is 23.5 Å². The minimum absolute atomic E-state index is 0.0400. The third-order valence-corrected chi connectivity index (χ3v) is 7.70. The molecular formula is C24H31N3O4S. The first-order valence-electron chi connectivity index (χ1n) is 11.3. The van der Waals surface area contributed by atoms with Crippen LogP contribution in [0.1, 0.15) is 31.2 Å². The van der Waals surface area contributed by atoms with Gasteiger partial charge in [0.05, 0.1) is 18.0 Å². The number of hydrogen-bond acceptors (Lipinski definition) is 5. The number of amides is 1. The molecule has 4 rings (SSSR count). The van der Waals surface area contributed by atoms with Crippen molar-refractivity contribution in [2.45, 2.75) is 37.5 Å². The minimum atomic E-state index is -3.69. The molecule has 2 aromatic carbocycles. The van der Waals surface area contributed by atoms with Gasteiger partial charge in [0.2, 0.25) is 10.0 Å². The van der Waals surface area contributed by atoms with Crippen LogP contribution in [-0.4, -0.2) is 58.1 Å². The van der Waals surface area contributed by atoms with Gasteiger partial charge >= 0.3 is 0 Å². The van der Waals surface area contributed by atoms with Crippen molar-refractivity contribution in [1.82, 2.24) is 10.2 Å². The summed E-state index contributed by atoms with van der Waals surface area (Å²) in [7, 11) is -3.69. The second kappa shape index (κ2) is 10.4. The number of likely N-dealkylation sites (tertiary alicyclic amines) is 1. The van der Waals surface area contributed by atoms with Crippen molar-refractivity contribution in [3.05, 3.63) is 60.2 Å². The molecule has 1 N–H and O–H groups in total. The van der Waals surface area contributed by atoms with E-state index >= 15 is 0 Å². The van der Waals surface area contributed by atoms with Crippen molar-refractivity contribution in [2.75, 3.05) is 37.0 Å². The summed E-state index contributed by atoms with van der Waals surface area (Å²) in [6.07, 6.45) is 4.05. The number of para-hydroxylation sites is 2. The summed E-state index contributed by atoms with van der Waals surface area (Å²) in [5.41, 5.74) is 1.17. The molecule has 2 aliphatic rings. The zero-order valence-corrected chi connectivity index (χ0v) is 19.1. The van der Waals surface area contributed by atoms with E-state index in [1.165, 1.54) is 30.0 Å². The number of nitrogens with one attached hydrogen (secondary N) is 1. The van der Waals surface area contributed by atoms with E-state index in [0.717, 1.165) is 19.6 Å². The number of carbonyl (C=O) groups is 1. The predicted octanol–water partition coefficient (Wildman–Crippen LogP) is 2.78. The number of ether oxygens (including phenoxy) is 1. The van der Waals surface area contributed by atoms with Gasteiger partial charge in [0.15, 0.2) is 6.10 Å². The number of hydrogen-bond donors (Lipinski definition) is 1. The molecule has 2 aromatic rings. The van der Waals surface area contributed by atoms with Crippen molar-refractivity contribution in [3.63, 3.8) is 0 Å². The second-order valence-electron chi connectivity index (χ2n) is 8.39. The first-order valence-corrected chi connectivity index (χ1v) is 12.9. The van der Waals surface area contributed by atoms with Gasteiger partial charge in [-0.1, -0.05) is 55.3 Å². The molecule has 0 saturated carbocycles. The quantitative estimate of drug-likeness (QED) is 0.692. The molecule has 1 atom stereocenters. The summed E-state index contributed by atoms with van der Waals surface area (Å²) in [4.78, 5) is 15.2. The molecule has 1 saturated heterocycles. The van der Waals surface area contributed by atoms with E-state index in [1.54, 1.807) is 36.4 Å². The average molecular weight is 458 g/mol. The standard InChI is InChI=1S/C24H31N3O4S/c28-24(25-14-17-26-15-8-1-2-9-16-26)23-18-27(21-12-6-7-13-22(21)31-23)32(29,30)19-20-10-4-3-5-11-20/h3-7,10-13,23H,1-2,8-9,14-19H2,(H,25,28)/t23-/m0/s1. The zero-order chi connectivity index (χ0) is 22.4. The Morgan fingerprint density at radius 2 is 1.66 bits per heavy atom. The van der Waals surface area contributed by atoms with Crippen molar-refractivity contribution >= 4 is 21.6 Å². The highest BCUT2D eigenvalue weighted by Gasteiger charge is 2.36. The SMILES string of the molecule is O=C(NCCN1CCCCCC1)[C@@H]1CN(S(=O)(=O)Cc2ccccc2)c2ccccc2O1. The molecule has 8 heteroatoms. The molecule has 172 valence electrons. The van der Waals surface area contributed by atoms with Crippen molar-refractivity contribution in [3.8, 4) is 5.75 Å². The van der Waals surface area contributed by atoms with Crippen molar-refractivity contribution in [2.24, 2.45) is 0 Å². The summed E-state index contributed by atoms with van der Waals surface area (Å²) in [5, 5.41) is 2.95. The van der Waals surface area contributed by atoms with Crippen LogP contribution >= 0.6 is 0 Å². The van der Waals surface area contributed by atoms with E-state index in [-0.39, 0.29) is 18.2 Å². The summed E-state index contributed by atoms with van der Waals surface area (Å²) < 4.78 is 33.8. The fourth-order valence-electron chi connectivity index (χ4n) is 4.28. The lowest BCUT2D eigenvalue weighted by atomic mass is 10.2. The number of rotatable bonds is 7. The van der Waals surface area contributed by atoms with E-state index in [2.05, 4.69) is 10.2 Å². The minimum Gasteiger partial charge on any atom is -0.476 e. The van der Waals surface area contributed by atoms with E-state index in [9.17, 15) is 13.2 Å². The lowest BCUT2D eigenvalue weighted by molar-refractivity contribution is -0.127. The average Bonchev–Trinajstić information content (AvgIpc) is 3.07. The van der Waals surface area contributed by atoms with Crippen LogP contribution in [0.2, 0.25) is 0 Å². The van der Waals surface area contributed by atoms with Crippen LogP contribution in [0, 0.1) is 0 Å². The Labute approximate surface area is 190 Å². The molecule has 1 amide bonds. The lowest BCUT2D eigenvalue weighted by Crippen LogP contribution is -2.51. The Bertz CT molecular complexity index is 1000. The van der Waals surface area contributed by atoms with Crippen molar-refractivity contribution < 1.29 is 17.9 Å². The van der Waals surface area contributed by atoms with Gasteiger partial charge in [-0.25, -0.2) is 8.42 Å². The molecule has 0 bridgehead atoms. The highest BCUT2D eigenvalue weighted by Crippen LogP contribution is 2.35. The monoisotopic (exact) mass is 457 g/mol. The topological polar surface area (TPSA) is 79.0 Å². The first kappa shape index (κ1) is 22.6. The molecule has 0 aromatic heterocycles. The number of anilines is 1. The number of carbonyl (C=O) groups excluding carboxylic acids is 1. The van der Waals surface area contributed by atoms with Gasteiger partial charge < -0.3 is 15.0 Å². The van der Waals surface area contributed by atoms with E-state index in [1.807, 2.05) is 18.2 Å². The molecule has 7 nitrogen and oxygen atoms in total. The number of sulfonamides is 1. The summed E-state index contributed by atoms with van der Waals surface area (Å²) >= 11 is 0. The predicted molar refractivity (Wildman–Crippen MR) is 125 cm³/mol. The van der Waals surface area contributed by atoms with Crippen LogP contribution in [0.5, 0.6) is 5.75 Å². The molecule has 2 heterocycles.